The summed E-state index contributed by atoms with van der Waals surface area (Å²) in [7, 11) is 0. The van der Waals surface area contributed by atoms with Crippen LogP contribution < -0.4 is 20.3 Å². The molecule has 0 radical (unpaired) electrons. The van der Waals surface area contributed by atoms with E-state index in [0.29, 0.717) is 35.8 Å². The summed E-state index contributed by atoms with van der Waals surface area (Å²) in [5.74, 6) is 0.938. The highest BCUT2D eigenvalue weighted by molar-refractivity contribution is 5.94. The lowest BCUT2D eigenvalue weighted by atomic mass is 10.1. The van der Waals surface area contributed by atoms with Crippen LogP contribution in [0.2, 0.25) is 0 Å². The van der Waals surface area contributed by atoms with Crippen molar-refractivity contribution < 1.29 is 14.3 Å². The number of nitrogens with one attached hydrogen (secondary N) is 2. The standard InChI is InChI=1S/C17H18N2O4/c1-10-7-11(2)19-17(21)13(10)9-18-16(20)12-3-4-14-15(8-12)23-6-5-22-14/h3-4,7-8H,5-6,9H2,1-2H3,(H,18,20)(H,19,21). The second kappa shape index (κ2) is 6.16. The number of fused-ring (bicyclic) bond motifs is 1. The summed E-state index contributed by atoms with van der Waals surface area (Å²) in [6.07, 6.45) is 0. The smallest absolute Gasteiger partial charge is 0.253 e. The van der Waals surface area contributed by atoms with E-state index in [0.717, 1.165) is 11.3 Å². The number of pyridine rings is 1. The zero-order valence-corrected chi connectivity index (χ0v) is 13.1. The Labute approximate surface area is 133 Å². The van der Waals surface area contributed by atoms with E-state index in [9.17, 15) is 9.59 Å². The molecule has 1 aliphatic rings. The predicted molar refractivity (Wildman–Crippen MR) is 85.1 cm³/mol. The zero-order chi connectivity index (χ0) is 16.4. The summed E-state index contributed by atoms with van der Waals surface area (Å²) in [6.45, 7) is 4.83. The number of hydrogen-bond acceptors (Lipinski definition) is 4. The van der Waals surface area contributed by atoms with Crippen molar-refractivity contribution in [3.63, 3.8) is 0 Å². The Morgan fingerprint density at radius 3 is 2.65 bits per heavy atom. The minimum Gasteiger partial charge on any atom is -0.486 e. The molecule has 0 unspecified atom stereocenters. The number of rotatable bonds is 3. The minimum atomic E-state index is -0.263. The fourth-order valence-corrected chi connectivity index (χ4v) is 2.56. The number of carbonyl (C=O) groups excluding carboxylic acids is 1. The molecule has 120 valence electrons. The van der Waals surface area contributed by atoms with Crippen molar-refractivity contribution in [3.05, 3.63) is 57.0 Å². The molecule has 1 amide bonds. The van der Waals surface area contributed by atoms with Crippen molar-refractivity contribution in [2.45, 2.75) is 20.4 Å². The third kappa shape index (κ3) is 3.21. The monoisotopic (exact) mass is 314 g/mol. The van der Waals surface area contributed by atoms with Crippen LogP contribution in [0.3, 0.4) is 0 Å². The lowest BCUT2D eigenvalue weighted by Gasteiger charge is -2.18. The highest BCUT2D eigenvalue weighted by Crippen LogP contribution is 2.30. The second-order valence-corrected chi connectivity index (χ2v) is 5.48. The molecule has 1 aromatic heterocycles. The number of ether oxygens (including phenoxy) is 2. The Morgan fingerprint density at radius 2 is 1.91 bits per heavy atom. The van der Waals surface area contributed by atoms with E-state index in [4.69, 9.17) is 9.47 Å². The molecule has 23 heavy (non-hydrogen) atoms. The van der Waals surface area contributed by atoms with Gasteiger partial charge in [0.2, 0.25) is 0 Å². The second-order valence-electron chi connectivity index (χ2n) is 5.48. The number of H-pyrrole nitrogens is 1. The van der Waals surface area contributed by atoms with Gasteiger partial charge in [0.15, 0.2) is 11.5 Å². The van der Waals surface area contributed by atoms with Crippen LogP contribution in [0.1, 0.15) is 27.2 Å². The van der Waals surface area contributed by atoms with Gasteiger partial charge in [0.25, 0.3) is 11.5 Å². The maximum absolute atomic E-state index is 12.3. The van der Waals surface area contributed by atoms with Crippen molar-refractivity contribution in [1.82, 2.24) is 10.3 Å². The Hall–Kier alpha value is -2.76. The van der Waals surface area contributed by atoms with Crippen LogP contribution in [-0.2, 0) is 6.54 Å². The van der Waals surface area contributed by atoms with Gasteiger partial charge in [-0.15, -0.1) is 0 Å². The number of carbonyl (C=O) groups is 1. The Morgan fingerprint density at radius 1 is 1.17 bits per heavy atom. The number of aryl methyl sites for hydroxylation is 2. The molecular formula is C17H18N2O4. The minimum absolute atomic E-state index is 0.175. The highest BCUT2D eigenvalue weighted by Gasteiger charge is 2.15. The van der Waals surface area contributed by atoms with Crippen molar-refractivity contribution in [3.8, 4) is 11.5 Å². The van der Waals surface area contributed by atoms with Crippen LogP contribution in [0.4, 0.5) is 0 Å². The largest absolute Gasteiger partial charge is 0.486 e. The number of amides is 1. The quantitative estimate of drug-likeness (QED) is 0.903. The molecule has 6 heteroatoms. The third-order valence-corrected chi connectivity index (χ3v) is 3.72. The zero-order valence-electron chi connectivity index (χ0n) is 13.1. The molecule has 0 saturated carbocycles. The third-order valence-electron chi connectivity index (χ3n) is 3.72. The lowest BCUT2D eigenvalue weighted by molar-refractivity contribution is 0.0949. The molecule has 0 fully saturated rings. The van der Waals surface area contributed by atoms with Crippen LogP contribution in [0.25, 0.3) is 0 Å². The van der Waals surface area contributed by atoms with Gasteiger partial charge in [-0.3, -0.25) is 9.59 Å². The van der Waals surface area contributed by atoms with Gasteiger partial charge in [-0.05, 0) is 43.7 Å². The van der Waals surface area contributed by atoms with Gasteiger partial charge in [-0.1, -0.05) is 0 Å². The summed E-state index contributed by atoms with van der Waals surface area (Å²) in [5.41, 5.74) is 2.50. The maximum atomic E-state index is 12.3. The molecule has 1 aromatic carbocycles. The Bertz CT molecular complexity index is 811. The van der Waals surface area contributed by atoms with Gasteiger partial charge >= 0.3 is 0 Å². The summed E-state index contributed by atoms with van der Waals surface area (Å²) < 4.78 is 10.9. The van der Waals surface area contributed by atoms with E-state index in [-0.39, 0.29) is 18.0 Å². The van der Waals surface area contributed by atoms with Gasteiger partial charge in [0.1, 0.15) is 13.2 Å². The van der Waals surface area contributed by atoms with Gasteiger partial charge < -0.3 is 19.8 Å². The summed E-state index contributed by atoms with van der Waals surface area (Å²) in [5, 5.41) is 2.77. The van der Waals surface area contributed by atoms with Crippen LogP contribution >= 0.6 is 0 Å². The molecule has 6 nitrogen and oxygen atoms in total. The van der Waals surface area contributed by atoms with Gasteiger partial charge in [-0.25, -0.2) is 0 Å². The van der Waals surface area contributed by atoms with E-state index in [1.165, 1.54) is 0 Å². The van der Waals surface area contributed by atoms with E-state index >= 15 is 0 Å². The first-order valence-corrected chi connectivity index (χ1v) is 7.42. The average Bonchev–Trinajstić information content (AvgIpc) is 2.53. The highest BCUT2D eigenvalue weighted by atomic mass is 16.6. The first-order valence-electron chi connectivity index (χ1n) is 7.42. The van der Waals surface area contributed by atoms with E-state index < -0.39 is 0 Å². The molecule has 0 spiro atoms. The Kier molecular flexibility index (Phi) is 4.06. The van der Waals surface area contributed by atoms with Crippen molar-refractivity contribution in [2.75, 3.05) is 13.2 Å². The van der Waals surface area contributed by atoms with E-state index in [2.05, 4.69) is 10.3 Å². The summed E-state index contributed by atoms with van der Waals surface area (Å²) in [4.78, 5) is 27.0. The first kappa shape index (κ1) is 15.1. The number of aromatic nitrogens is 1. The Balaban J connectivity index is 1.74. The average molecular weight is 314 g/mol. The van der Waals surface area contributed by atoms with Gasteiger partial charge in [0.05, 0.1) is 0 Å². The molecule has 2 N–H and O–H groups in total. The normalized spacial score (nSPS) is 12.8. The molecule has 0 saturated heterocycles. The fourth-order valence-electron chi connectivity index (χ4n) is 2.56. The SMILES string of the molecule is Cc1cc(C)c(CNC(=O)c2ccc3c(c2)OCCO3)c(=O)[nH]1. The number of aromatic amines is 1. The van der Waals surface area contributed by atoms with Crippen molar-refractivity contribution in [1.29, 1.82) is 0 Å². The molecule has 3 rings (SSSR count). The number of benzene rings is 1. The maximum Gasteiger partial charge on any atom is 0.253 e. The first-order chi connectivity index (χ1) is 11.0. The molecule has 0 bridgehead atoms. The topological polar surface area (TPSA) is 80.4 Å². The van der Waals surface area contributed by atoms with Crippen LogP contribution in [0.15, 0.2) is 29.1 Å². The predicted octanol–water partition coefficient (Wildman–Crippen LogP) is 1.69. The van der Waals surface area contributed by atoms with E-state index in [1.54, 1.807) is 18.2 Å². The van der Waals surface area contributed by atoms with Crippen molar-refractivity contribution in [2.24, 2.45) is 0 Å². The van der Waals surface area contributed by atoms with Gasteiger partial charge in [0, 0.05) is 23.4 Å². The van der Waals surface area contributed by atoms with Crippen LogP contribution in [0.5, 0.6) is 11.5 Å². The molecule has 2 heterocycles. The van der Waals surface area contributed by atoms with Gasteiger partial charge in [-0.2, -0.15) is 0 Å². The summed E-state index contributed by atoms with van der Waals surface area (Å²) >= 11 is 0. The molecule has 1 aliphatic heterocycles. The lowest BCUT2D eigenvalue weighted by Crippen LogP contribution is -2.28. The van der Waals surface area contributed by atoms with Crippen LogP contribution in [0, 0.1) is 13.8 Å². The molecular weight excluding hydrogens is 296 g/mol. The molecule has 0 aliphatic carbocycles. The molecule has 0 atom stereocenters. The van der Waals surface area contributed by atoms with Crippen molar-refractivity contribution >= 4 is 5.91 Å². The fraction of sp³-hybridized carbons (Fsp3) is 0.294. The van der Waals surface area contributed by atoms with E-state index in [1.807, 2.05) is 19.9 Å². The van der Waals surface area contributed by atoms with Crippen LogP contribution in [-0.4, -0.2) is 24.1 Å². The summed E-state index contributed by atoms with van der Waals surface area (Å²) in [6, 6.07) is 6.92. The molecule has 2 aromatic rings. The number of hydrogen-bond donors (Lipinski definition) is 2.